The first-order valence-electron chi connectivity index (χ1n) is 9.45. The molecule has 1 aromatic carbocycles. The first kappa shape index (κ1) is 19.0. The van der Waals surface area contributed by atoms with Gasteiger partial charge >= 0.3 is 0 Å². The summed E-state index contributed by atoms with van der Waals surface area (Å²) in [7, 11) is 0. The van der Waals surface area contributed by atoms with Gasteiger partial charge < -0.3 is 19.5 Å². The monoisotopic (exact) mass is 370 g/mol. The highest BCUT2D eigenvalue weighted by Gasteiger charge is 2.24. The maximum absolute atomic E-state index is 12.1. The molecule has 1 N–H and O–H groups in total. The summed E-state index contributed by atoms with van der Waals surface area (Å²) in [6.45, 7) is 2.57. The molecule has 2 aromatic rings. The van der Waals surface area contributed by atoms with Crippen LogP contribution in [0.1, 0.15) is 32.6 Å². The van der Waals surface area contributed by atoms with Crippen molar-refractivity contribution in [1.29, 1.82) is 0 Å². The molecule has 6 heteroatoms. The van der Waals surface area contributed by atoms with E-state index >= 15 is 0 Å². The zero-order valence-corrected chi connectivity index (χ0v) is 15.6. The highest BCUT2D eigenvalue weighted by molar-refractivity contribution is 5.77. The van der Waals surface area contributed by atoms with Gasteiger partial charge in [-0.3, -0.25) is 4.79 Å². The third-order valence-corrected chi connectivity index (χ3v) is 4.47. The zero-order valence-electron chi connectivity index (χ0n) is 15.6. The van der Waals surface area contributed by atoms with E-state index in [0.717, 1.165) is 31.4 Å². The molecule has 6 nitrogen and oxygen atoms in total. The van der Waals surface area contributed by atoms with Crippen LogP contribution in [0.4, 0.5) is 0 Å². The predicted molar refractivity (Wildman–Crippen MR) is 102 cm³/mol. The summed E-state index contributed by atoms with van der Waals surface area (Å²) in [4.78, 5) is 16.3. The normalized spacial score (nSPS) is 19.1. The van der Waals surface area contributed by atoms with Gasteiger partial charge in [-0.15, -0.1) is 0 Å². The highest BCUT2D eigenvalue weighted by Crippen LogP contribution is 2.23. The molecule has 0 atom stereocenters. The Morgan fingerprint density at radius 2 is 1.74 bits per heavy atom. The third-order valence-electron chi connectivity index (χ3n) is 4.47. The fraction of sp³-hybridized carbons (Fsp3) is 0.429. The van der Waals surface area contributed by atoms with Gasteiger partial charge in [0.2, 0.25) is 5.88 Å². The van der Waals surface area contributed by atoms with Crippen molar-refractivity contribution in [3.05, 3.63) is 48.7 Å². The number of ether oxygens (including phenoxy) is 3. The summed E-state index contributed by atoms with van der Waals surface area (Å²) in [6.07, 6.45) is 5.49. The van der Waals surface area contributed by atoms with Crippen molar-refractivity contribution in [3.63, 3.8) is 0 Å². The van der Waals surface area contributed by atoms with Gasteiger partial charge in [-0.05, 0) is 62.9 Å². The molecule has 0 bridgehead atoms. The lowest BCUT2D eigenvalue weighted by atomic mass is 9.93. The molecule has 1 heterocycles. The van der Waals surface area contributed by atoms with Crippen molar-refractivity contribution in [3.8, 4) is 17.4 Å². The van der Waals surface area contributed by atoms with Crippen LogP contribution in [0, 0.1) is 0 Å². The van der Waals surface area contributed by atoms with Crippen LogP contribution in [0.15, 0.2) is 48.7 Å². The van der Waals surface area contributed by atoms with E-state index in [4.69, 9.17) is 14.2 Å². The summed E-state index contributed by atoms with van der Waals surface area (Å²) in [5, 5.41) is 3.05. The number of aromatic nitrogens is 1. The molecule has 27 heavy (non-hydrogen) atoms. The summed E-state index contributed by atoms with van der Waals surface area (Å²) in [6, 6.07) is 13.1. The van der Waals surface area contributed by atoms with Gasteiger partial charge in [-0.2, -0.15) is 0 Å². The maximum Gasteiger partial charge on any atom is 0.258 e. The minimum Gasteiger partial charge on any atom is -0.494 e. The summed E-state index contributed by atoms with van der Waals surface area (Å²) in [5.41, 5.74) is 0. The van der Waals surface area contributed by atoms with Crippen molar-refractivity contribution in [2.24, 2.45) is 0 Å². The molecule has 0 unspecified atom stereocenters. The van der Waals surface area contributed by atoms with Crippen LogP contribution in [0.5, 0.6) is 17.4 Å². The van der Waals surface area contributed by atoms with E-state index in [9.17, 15) is 4.79 Å². The number of hydrogen-bond acceptors (Lipinski definition) is 5. The lowest BCUT2D eigenvalue weighted by molar-refractivity contribution is -0.124. The number of benzene rings is 1. The van der Waals surface area contributed by atoms with Crippen LogP contribution in [-0.4, -0.2) is 36.3 Å². The molecule has 3 rings (SSSR count). The lowest BCUT2D eigenvalue weighted by Crippen LogP contribution is -2.41. The maximum atomic E-state index is 12.1. The van der Waals surface area contributed by atoms with Crippen LogP contribution in [0.3, 0.4) is 0 Å². The van der Waals surface area contributed by atoms with E-state index in [2.05, 4.69) is 10.3 Å². The number of rotatable bonds is 8. The van der Waals surface area contributed by atoms with Crippen LogP contribution in [0.2, 0.25) is 0 Å². The molecule has 1 saturated carbocycles. The minimum absolute atomic E-state index is 0.0122. The van der Waals surface area contributed by atoms with E-state index in [1.165, 1.54) is 0 Å². The summed E-state index contributed by atoms with van der Waals surface area (Å²) in [5.74, 6) is 2.01. The Kier molecular flexibility index (Phi) is 6.90. The zero-order chi connectivity index (χ0) is 18.9. The number of carbonyl (C=O) groups is 1. The van der Waals surface area contributed by atoms with Gasteiger partial charge in [0.25, 0.3) is 5.91 Å². The van der Waals surface area contributed by atoms with Crippen LogP contribution >= 0.6 is 0 Å². The van der Waals surface area contributed by atoms with Gasteiger partial charge in [-0.25, -0.2) is 4.98 Å². The fourth-order valence-electron chi connectivity index (χ4n) is 3.13. The van der Waals surface area contributed by atoms with E-state index in [1.54, 1.807) is 18.3 Å². The Morgan fingerprint density at radius 1 is 1.04 bits per heavy atom. The number of nitrogens with zero attached hydrogens (tertiary/aromatic N) is 1. The smallest absolute Gasteiger partial charge is 0.258 e. The average molecular weight is 370 g/mol. The van der Waals surface area contributed by atoms with Crippen LogP contribution in [-0.2, 0) is 4.79 Å². The van der Waals surface area contributed by atoms with Crippen molar-refractivity contribution in [1.82, 2.24) is 10.3 Å². The largest absolute Gasteiger partial charge is 0.494 e. The molecule has 1 aliphatic rings. The summed E-state index contributed by atoms with van der Waals surface area (Å²) >= 11 is 0. The number of amides is 1. The van der Waals surface area contributed by atoms with Crippen molar-refractivity contribution < 1.29 is 19.0 Å². The molecule has 144 valence electrons. The van der Waals surface area contributed by atoms with E-state index in [1.807, 2.05) is 37.3 Å². The molecule has 1 fully saturated rings. The molecule has 1 aromatic heterocycles. The minimum atomic E-state index is -0.0991. The second-order valence-electron chi connectivity index (χ2n) is 6.52. The lowest BCUT2D eigenvalue weighted by Gasteiger charge is -2.29. The van der Waals surface area contributed by atoms with Gasteiger partial charge in [0, 0.05) is 18.3 Å². The Bertz CT molecular complexity index is 698. The van der Waals surface area contributed by atoms with Crippen molar-refractivity contribution in [2.45, 2.75) is 44.8 Å². The van der Waals surface area contributed by atoms with Gasteiger partial charge in [0.05, 0.1) is 6.61 Å². The topological polar surface area (TPSA) is 69.7 Å². The number of carbonyl (C=O) groups excluding carboxylic acids is 1. The van der Waals surface area contributed by atoms with Crippen LogP contribution < -0.4 is 19.5 Å². The predicted octanol–water partition coefficient (Wildman–Crippen LogP) is 3.37. The Balaban J connectivity index is 1.35. The van der Waals surface area contributed by atoms with Gasteiger partial charge in [-0.1, -0.05) is 6.07 Å². The van der Waals surface area contributed by atoms with Gasteiger partial charge in [0.15, 0.2) is 6.61 Å². The quantitative estimate of drug-likeness (QED) is 0.772. The van der Waals surface area contributed by atoms with Crippen molar-refractivity contribution >= 4 is 5.91 Å². The molecular formula is C21H26N2O4. The van der Waals surface area contributed by atoms with E-state index in [0.29, 0.717) is 18.2 Å². The standard InChI is InChI=1S/C21H26N2O4/c1-2-25-17-10-12-18(13-11-17)26-15-20(24)23-16-6-8-19(9-7-16)27-21-5-3-4-14-22-21/h3-5,10-14,16,19H,2,6-9,15H2,1H3,(H,23,24). The number of pyridine rings is 1. The molecule has 0 aliphatic heterocycles. The molecular weight excluding hydrogens is 344 g/mol. The molecule has 1 amide bonds. The number of hydrogen-bond donors (Lipinski definition) is 1. The highest BCUT2D eigenvalue weighted by atomic mass is 16.5. The SMILES string of the molecule is CCOc1ccc(OCC(=O)NC2CCC(Oc3ccccn3)CC2)cc1. The summed E-state index contributed by atoms with van der Waals surface area (Å²) < 4.78 is 16.8. The second kappa shape index (κ2) is 9.80. The molecule has 1 aliphatic carbocycles. The third kappa shape index (κ3) is 6.16. The number of nitrogens with one attached hydrogen (secondary N) is 1. The van der Waals surface area contributed by atoms with Gasteiger partial charge in [0.1, 0.15) is 17.6 Å². The fourth-order valence-corrected chi connectivity index (χ4v) is 3.13. The first-order chi connectivity index (χ1) is 13.2. The molecule has 0 spiro atoms. The van der Waals surface area contributed by atoms with Crippen LogP contribution in [0.25, 0.3) is 0 Å². The Morgan fingerprint density at radius 3 is 2.37 bits per heavy atom. The second-order valence-corrected chi connectivity index (χ2v) is 6.52. The Hall–Kier alpha value is -2.76. The van der Waals surface area contributed by atoms with E-state index < -0.39 is 0 Å². The first-order valence-corrected chi connectivity index (χ1v) is 9.45. The average Bonchev–Trinajstić information content (AvgIpc) is 2.70. The van der Waals surface area contributed by atoms with Crippen molar-refractivity contribution in [2.75, 3.05) is 13.2 Å². The molecule has 0 radical (unpaired) electrons. The van der Waals surface area contributed by atoms with E-state index in [-0.39, 0.29) is 24.7 Å². The Labute approximate surface area is 159 Å². The molecule has 0 saturated heterocycles.